The molecule has 15 nitrogen and oxygen atoms in total. The van der Waals surface area contributed by atoms with E-state index in [4.69, 9.17) is 25.3 Å². The highest BCUT2D eigenvalue weighted by Crippen LogP contribution is 2.42. The predicted molar refractivity (Wildman–Crippen MR) is 117 cm³/mol. The summed E-state index contributed by atoms with van der Waals surface area (Å²) in [5.74, 6) is -4.61. The summed E-state index contributed by atoms with van der Waals surface area (Å²) in [5.41, 5.74) is 6.28. The molecule has 2 aromatic rings. The Bertz CT molecular complexity index is 1190. The Balaban J connectivity index is 2.05. The Labute approximate surface area is 197 Å². The number of carbonyl (C=O) groups is 2. The number of hydrogen-bond acceptors (Lipinski definition) is 9. The van der Waals surface area contributed by atoms with Gasteiger partial charge in [-0.3, -0.25) is 24.4 Å². The van der Waals surface area contributed by atoms with Crippen molar-refractivity contribution >= 4 is 27.5 Å². The van der Waals surface area contributed by atoms with Gasteiger partial charge in [0.2, 0.25) is 5.91 Å². The van der Waals surface area contributed by atoms with Gasteiger partial charge in [-0.1, -0.05) is 12.1 Å². The second kappa shape index (κ2) is 11.1. The summed E-state index contributed by atoms with van der Waals surface area (Å²) in [4.78, 5) is 59.2. The van der Waals surface area contributed by atoms with Gasteiger partial charge < -0.3 is 35.4 Å². The summed E-state index contributed by atoms with van der Waals surface area (Å²) in [6.45, 7) is 0. The Morgan fingerprint density at radius 3 is 1.66 bits per heavy atom. The molecule has 35 heavy (non-hydrogen) atoms. The van der Waals surface area contributed by atoms with Gasteiger partial charge >= 0.3 is 21.6 Å². The van der Waals surface area contributed by atoms with Gasteiger partial charge in [0.25, 0.3) is 0 Å². The number of nitrogens with two attached hydrogens (primary N) is 1. The van der Waals surface area contributed by atoms with E-state index >= 15 is 0 Å². The van der Waals surface area contributed by atoms with Gasteiger partial charge in [-0.05, 0) is 41.8 Å². The van der Waals surface area contributed by atoms with Crippen LogP contribution in [0.15, 0.2) is 36.4 Å². The number of benzene rings is 2. The molecule has 0 spiro atoms. The lowest BCUT2D eigenvalue weighted by molar-refractivity contribution is -0.142. The fourth-order valence-electron chi connectivity index (χ4n) is 2.85. The molecule has 0 heterocycles. The number of amides is 1. The molecule has 0 aromatic heterocycles. The van der Waals surface area contributed by atoms with Crippen molar-refractivity contribution in [2.75, 3.05) is 0 Å². The first-order valence-corrected chi connectivity index (χ1v) is 12.5. The molecular formula is C18H22N2O13P2. The average molecular weight is 536 g/mol. The molecule has 2 atom stereocenters. The third-order valence-electron chi connectivity index (χ3n) is 4.33. The maximum absolute atomic E-state index is 12.4. The van der Waals surface area contributed by atoms with Crippen LogP contribution in [0.2, 0.25) is 0 Å². The van der Waals surface area contributed by atoms with Crippen LogP contribution in [0.3, 0.4) is 0 Å². The van der Waals surface area contributed by atoms with Gasteiger partial charge in [0.15, 0.2) is 23.0 Å². The summed E-state index contributed by atoms with van der Waals surface area (Å²) >= 11 is 0. The van der Waals surface area contributed by atoms with Crippen LogP contribution in [0.4, 0.5) is 0 Å². The monoisotopic (exact) mass is 536 g/mol. The molecule has 2 rings (SSSR count). The van der Waals surface area contributed by atoms with Crippen molar-refractivity contribution in [3.8, 4) is 23.0 Å². The number of phosphoric ester groups is 2. The first kappa shape index (κ1) is 28.1. The highest BCUT2D eigenvalue weighted by Gasteiger charge is 2.26. The molecule has 0 fully saturated rings. The maximum Gasteiger partial charge on any atom is 0.524 e. The minimum Gasteiger partial charge on any atom is -0.504 e. The zero-order valence-electron chi connectivity index (χ0n) is 17.6. The van der Waals surface area contributed by atoms with Crippen LogP contribution in [0.1, 0.15) is 11.1 Å². The number of carboxylic acids is 1. The van der Waals surface area contributed by atoms with E-state index in [9.17, 15) is 34.0 Å². The Morgan fingerprint density at radius 1 is 0.857 bits per heavy atom. The van der Waals surface area contributed by atoms with Gasteiger partial charge in [0, 0.05) is 6.42 Å². The third-order valence-corrected chi connectivity index (χ3v) is 5.20. The van der Waals surface area contributed by atoms with E-state index in [1.807, 2.05) is 0 Å². The lowest BCUT2D eigenvalue weighted by Crippen LogP contribution is -2.50. The van der Waals surface area contributed by atoms with Crippen molar-refractivity contribution in [1.82, 2.24) is 5.32 Å². The van der Waals surface area contributed by atoms with Gasteiger partial charge in [0.1, 0.15) is 6.04 Å². The van der Waals surface area contributed by atoms with Crippen LogP contribution in [-0.4, -0.2) is 58.9 Å². The van der Waals surface area contributed by atoms with Crippen molar-refractivity contribution in [1.29, 1.82) is 0 Å². The highest BCUT2D eigenvalue weighted by molar-refractivity contribution is 7.47. The molecule has 2 aromatic carbocycles. The zero-order chi connectivity index (χ0) is 26.6. The van der Waals surface area contributed by atoms with Crippen molar-refractivity contribution in [2.45, 2.75) is 24.9 Å². The number of phenolic OH excluding ortho intramolecular Hbond substituents is 2. The summed E-state index contributed by atoms with van der Waals surface area (Å²) in [7, 11) is -9.83. The molecule has 1 amide bonds. The van der Waals surface area contributed by atoms with Crippen LogP contribution in [-0.2, 0) is 31.6 Å². The summed E-state index contributed by atoms with van der Waals surface area (Å²) < 4.78 is 30.3. The van der Waals surface area contributed by atoms with Crippen LogP contribution in [0.25, 0.3) is 0 Å². The number of carbonyl (C=O) groups excluding carboxylic acids is 1. The Hall–Kier alpha value is -3.16. The SMILES string of the molecule is NC(Cc1ccc(OP(=O)(O)O)c(O)c1)C(=O)NC(Cc1ccc(OP(=O)(O)O)c(O)c1)C(=O)O. The quantitative estimate of drug-likeness (QED) is 0.167. The largest absolute Gasteiger partial charge is 0.524 e. The minimum absolute atomic E-state index is 0.183. The topological polar surface area (TPSA) is 266 Å². The zero-order valence-corrected chi connectivity index (χ0v) is 19.4. The molecule has 0 saturated heterocycles. The number of phenols is 2. The molecule has 17 heteroatoms. The molecule has 0 aliphatic carbocycles. The van der Waals surface area contributed by atoms with Gasteiger partial charge in [0.05, 0.1) is 6.04 Å². The van der Waals surface area contributed by atoms with E-state index < -0.39 is 62.6 Å². The molecule has 192 valence electrons. The molecule has 10 N–H and O–H groups in total. The summed E-state index contributed by atoms with van der Waals surface area (Å²) in [5, 5.41) is 31.3. The minimum atomic E-state index is -4.93. The number of nitrogens with one attached hydrogen (secondary N) is 1. The first-order valence-electron chi connectivity index (χ1n) is 9.47. The van der Waals surface area contributed by atoms with Crippen molar-refractivity contribution in [3.05, 3.63) is 47.5 Å². The number of phosphoric acid groups is 2. The molecular weight excluding hydrogens is 514 g/mol. The normalized spacial score (nSPS) is 13.5. The maximum atomic E-state index is 12.4. The highest BCUT2D eigenvalue weighted by atomic mass is 31.2. The lowest BCUT2D eigenvalue weighted by Gasteiger charge is -2.19. The van der Waals surface area contributed by atoms with Crippen LogP contribution in [0.5, 0.6) is 23.0 Å². The molecule has 0 aliphatic heterocycles. The van der Waals surface area contributed by atoms with Crippen molar-refractivity contribution in [3.63, 3.8) is 0 Å². The van der Waals surface area contributed by atoms with E-state index in [1.54, 1.807) is 0 Å². The van der Waals surface area contributed by atoms with E-state index in [2.05, 4.69) is 14.4 Å². The smallest absolute Gasteiger partial charge is 0.504 e. The Kier molecular flexibility index (Phi) is 8.87. The fraction of sp³-hybridized carbons (Fsp3) is 0.222. The molecule has 2 unspecified atom stereocenters. The second-order valence-corrected chi connectivity index (χ2v) is 9.51. The first-order chi connectivity index (χ1) is 16.0. The van der Waals surface area contributed by atoms with Gasteiger partial charge in [-0.15, -0.1) is 0 Å². The second-order valence-electron chi connectivity index (χ2n) is 7.18. The average Bonchev–Trinajstić information content (AvgIpc) is 2.69. The standard InChI is InChI=1S/C18H22N2O13P2/c19-11(5-9-1-3-15(13(21)7-9)32-34(26,27)28)17(23)20-12(18(24)25)6-10-2-4-16(14(22)8-10)33-35(29,30)31/h1-4,7-8,11-12,21-22H,5-6,19H2,(H,20,23)(H,24,25)(H2,26,27,28)(H2,29,30,31). The van der Waals surface area contributed by atoms with E-state index in [1.165, 1.54) is 12.1 Å². The van der Waals surface area contributed by atoms with Gasteiger partial charge in [-0.2, -0.15) is 0 Å². The van der Waals surface area contributed by atoms with Crippen molar-refractivity contribution < 1.29 is 62.7 Å². The van der Waals surface area contributed by atoms with E-state index in [0.717, 1.165) is 24.3 Å². The lowest BCUT2D eigenvalue weighted by atomic mass is 10.0. The van der Waals surface area contributed by atoms with E-state index in [0.29, 0.717) is 0 Å². The Morgan fingerprint density at radius 2 is 1.29 bits per heavy atom. The molecule has 0 radical (unpaired) electrons. The van der Waals surface area contributed by atoms with Gasteiger partial charge in [-0.25, -0.2) is 13.9 Å². The van der Waals surface area contributed by atoms with Crippen LogP contribution < -0.4 is 20.1 Å². The molecule has 0 aliphatic rings. The number of rotatable bonds is 11. The number of aliphatic carboxylic acids is 1. The van der Waals surface area contributed by atoms with Crippen LogP contribution >= 0.6 is 15.6 Å². The van der Waals surface area contributed by atoms with Crippen LogP contribution in [0, 0.1) is 0 Å². The summed E-state index contributed by atoms with van der Waals surface area (Å²) in [6.07, 6.45) is -0.510. The summed E-state index contributed by atoms with van der Waals surface area (Å²) in [6, 6.07) is 3.90. The van der Waals surface area contributed by atoms with E-state index in [-0.39, 0.29) is 24.0 Å². The molecule has 0 saturated carbocycles. The number of hydrogen-bond donors (Lipinski definition) is 9. The fourth-order valence-corrected chi connectivity index (χ4v) is 3.67. The van der Waals surface area contributed by atoms with Crippen molar-refractivity contribution in [2.24, 2.45) is 5.73 Å². The number of aromatic hydroxyl groups is 2. The third kappa shape index (κ3) is 9.19. The molecule has 0 bridgehead atoms. The number of carboxylic acid groups (broad SMARTS) is 1. The predicted octanol–water partition coefficient (Wildman–Crippen LogP) is -0.277.